The van der Waals surface area contributed by atoms with Gasteiger partial charge in [0.2, 0.25) is 0 Å². The molecule has 2 aromatic carbocycles. The van der Waals surface area contributed by atoms with Crippen LogP contribution < -0.4 is 5.32 Å². The third kappa shape index (κ3) is 4.12. The molecule has 0 radical (unpaired) electrons. The Labute approximate surface area is 126 Å². The Hall–Kier alpha value is -1.26. The van der Waals surface area contributed by atoms with Gasteiger partial charge in [-0.05, 0) is 43.2 Å². The van der Waals surface area contributed by atoms with Gasteiger partial charge in [0.25, 0.3) is 0 Å². The highest BCUT2D eigenvalue weighted by atomic mass is 79.9. The molecule has 0 aliphatic rings. The van der Waals surface area contributed by atoms with Gasteiger partial charge in [0.1, 0.15) is 11.6 Å². The monoisotopic (exact) mass is 339 g/mol. The molecule has 1 unspecified atom stereocenters. The second-order valence-corrected chi connectivity index (χ2v) is 5.73. The van der Waals surface area contributed by atoms with Gasteiger partial charge in [-0.15, -0.1) is 0 Å². The van der Waals surface area contributed by atoms with Crippen LogP contribution in [-0.2, 0) is 13.0 Å². The highest BCUT2D eigenvalue weighted by Gasteiger charge is 2.10. The summed E-state index contributed by atoms with van der Waals surface area (Å²) < 4.78 is 28.0. The van der Waals surface area contributed by atoms with E-state index in [1.165, 1.54) is 23.8 Å². The Morgan fingerprint density at radius 1 is 1.05 bits per heavy atom. The first kappa shape index (κ1) is 15.1. The van der Waals surface area contributed by atoms with E-state index in [4.69, 9.17) is 0 Å². The van der Waals surface area contributed by atoms with Crippen molar-refractivity contribution in [3.8, 4) is 0 Å². The Kier molecular flexibility index (Phi) is 5.26. The zero-order valence-corrected chi connectivity index (χ0v) is 12.8. The summed E-state index contributed by atoms with van der Waals surface area (Å²) in [4.78, 5) is 0. The minimum absolute atomic E-state index is 0.0927. The Balaban J connectivity index is 1.92. The van der Waals surface area contributed by atoms with Crippen LogP contribution in [0.1, 0.15) is 18.1 Å². The van der Waals surface area contributed by atoms with Gasteiger partial charge in [0.05, 0.1) is 0 Å². The van der Waals surface area contributed by atoms with Crippen molar-refractivity contribution < 1.29 is 8.78 Å². The molecular weight excluding hydrogens is 324 g/mol. The summed E-state index contributed by atoms with van der Waals surface area (Å²) in [5, 5.41) is 3.15. The zero-order valence-electron chi connectivity index (χ0n) is 11.2. The number of hydrogen-bond donors (Lipinski definition) is 1. The molecule has 0 saturated heterocycles. The molecule has 106 valence electrons. The molecule has 1 atom stereocenters. The van der Waals surface area contributed by atoms with E-state index in [1.54, 1.807) is 0 Å². The molecule has 1 nitrogen and oxygen atoms in total. The molecule has 0 saturated carbocycles. The summed E-state index contributed by atoms with van der Waals surface area (Å²) in [6.45, 7) is 2.19. The number of hydrogen-bond acceptors (Lipinski definition) is 1. The van der Waals surface area contributed by atoms with E-state index >= 15 is 0 Å². The third-order valence-electron chi connectivity index (χ3n) is 3.14. The molecule has 0 amide bonds. The highest BCUT2D eigenvalue weighted by molar-refractivity contribution is 9.10. The fourth-order valence-electron chi connectivity index (χ4n) is 2.02. The predicted octanol–water partition coefficient (Wildman–Crippen LogP) is 4.45. The molecule has 2 aromatic rings. The first-order valence-corrected chi connectivity index (χ1v) is 7.26. The van der Waals surface area contributed by atoms with Crippen LogP contribution in [0, 0.1) is 11.6 Å². The molecular formula is C16H16BrF2N. The van der Waals surface area contributed by atoms with E-state index in [-0.39, 0.29) is 18.2 Å². The first-order chi connectivity index (χ1) is 9.56. The predicted molar refractivity (Wildman–Crippen MR) is 80.5 cm³/mol. The Morgan fingerprint density at radius 3 is 2.25 bits per heavy atom. The van der Waals surface area contributed by atoms with E-state index in [0.717, 1.165) is 10.9 Å². The van der Waals surface area contributed by atoms with Crippen molar-refractivity contribution in [1.29, 1.82) is 0 Å². The molecule has 0 aromatic heterocycles. The molecule has 1 N–H and O–H groups in total. The van der Waals surface area contributed by atoms with Crippen LogP contribution in [0.2, 0.25) is 0 Å². The van der Waals surface area contributed by atoms with Crippen LogP contribution in [-0.4, -0.2) is 6.04 Å². The number of nitrogens with one attached hydrogen (secondary N) is 1. The summed E-state index contributed by atoms with van der Waals surface area (Å²) in [7, 11) is 0. The SMILES string of the molecule is CC(Cc1ccc(Br)cc1)NCc1c(F)cccc1F. The molecule has 4 heteroatoms. The zero-order chi connectivity index (χ0) is 14.5. The van der Waals surface area contributed by atoms with Crippen molar-refractivity contribution in [2.75, 3.05) is 0 Å². The normalized spacial score (nSPS) is 12.4. The molecule has 0 aliphatic heterocycles. The van der Waals surface area contributed by atoms with Crippen LogP contribution in [0.15, 0.2) is 46.9 Å². The second kappa shape index (κ2) is 6.95. The fourth-order valence-corrected chi connectivity index (χ4v) is 2.29. The lowest BCUT2D eigenvalue weighted by Crippen LogP contribution is -2.28. The average Bonchev–Trinajstić information content (AvgIpc) is 2.41. The topological polar surface area (TPSA) is 12.0 Å². The van der Waals surface area contributed by atoms with Crippen molar-refractivity contribution in [2.45, 2.75) is 25.9 Å². The molecule has 0 bridgehead atoms. The summed E-state index contributed by atoms with van der Waals surface area (Å²) >= 11 is 3.39. The summed E-state index contributed by atoms with van der Waals surface area (Å²) in [5.41, 5.74) is 1.28. The summed E-state index contributed by atoms with van der Waals surface area (Å²) in [5.74, 6) is -1.01. The molecule has 20 heavy (non-hydrogen) atoms. The number of halogens is 3. The molecule has 0 spiro atoms. The quantitative estimate of drug-likeness (QED) is 0.848. The largest absolute Gasteiger partial charge is 0.310 e. The maximum atomic E-state index is 13.5. The van der Waals surface area contributed by atoms with Crippen molar-refractivity contribution in [3.05, 3.63) is 69.7 Å². The fraction of sp³-hybridized carbons (Fsp3) is 0.250. The number of rotatable bonds is 5. The first-order valence-electron chi connectivity index (χ1n) is 6.47. The maximum absolute atomic E-state index is 13.5. The van der Waals surface area contributed by atoms with Gasteiger partial charge < -0.3 is 5.32 Å². The lowest BCUT2D eigenvalue weighted by molar-refractivity contribution is 0.498. The van der Waals surface area contributed by atoms with Gasteiger partial charge in [0.15, 0.2) is 0 Å². The second-order valence-electron chi connectivity index (χ2n) is 4.81. The highest BCUT2D eigenvalue weighted by Crippen LogP contribution is 2.14. The minimum atomic E-state index is -0.506. The van der Waals surface area contributed by atoms with Crippen LogP contribution in [0.3, 0.4) is 0 Å². The number of benzene rings is 2. The van der Waals surface area contributed by atoms with Crippen molar-refractivity contribution >= 4 is 15.9 Å². The van der Waals surface area contributed by atoms with Crippen LogP contribution in [0.25, 0.3) is 0 Å². The van der Waals surface area contributed by atoms with E-state index in [0.29, 0.717) is 0 Å². The van der Waals surface area contributed by atoms with Gasteiger partial charge in [-0.25, -0.2) is 8.78 Å². The standard InChI is InChI=1S/C16H16BrF2N/c1-11(9-12-5-7-13(17)8-6-12)20-10-14-15(18)3-2-4-16(14)19/h2-8,11,20H,9-10H2,1H3. The lowest BCUT2D eigenvalue weighted by atomic mass is 10.1. The maximum Gasteiger partial charge on any atom is 0.130 e. The Morgan fingerprint density at radius 2 is 1.65 bits per heavy atom. The van der Waals surface area contributed by atoms with Gasteiger partial charge >= 0.3 is 0 Å². The van der Waals surface area contributed by atoms with Crippen molar-refractivity contribution in [3.63, 3.8) is 0 Å². The van der Waals surface area contributed by atoms with Crippen molar-refractivity contribution in [1.82, 2.24) is 5.32 Å². The minimum Gasteiger partial charge on any atom is -0.310 e. The van der Waals surface area contributed by atoms with Gasteiger partial charge in [-0.2, -0.15) is 0 Å². The summed E-state index contributed by atoms with van der Waals surface area (Å²) in [6.07, 6.45) is 0.809. The molecule has 2 rings (SSSR count). The third-order valence-corrected chi connectivity index (χ3v) is 3.67. The smallest absolute Gasteiger partial charge is 0.130 e. The molecule has 0 aliphatic carbocycles. The van der Waals surface area contributed by atoms with Gasteiger partial charge in [-0.1, -0.05) is 34.1 Å². The van der Waals surface area contributed by atoms with Crippen LogP contribution in [0.5, 0.6) is 0 Å². The van der Waals surface area contributed by atoms with E-state index < -0.39 is 11.6 Å². The van der Waals surface area contributed by atoms with Crippen molar-refractivity contribution in [2.24, 2.45) is 0 Å². The van der Waals surface area contributed by atoms with Crippen LogP contribution in [0.4, 0.5) is 8.78 Å². The van der Waals surface area contributed by atoms with E-state index in [1.807, 2.05) is 31.2 Å². The van der Waals surface area contributed by atoms with Crippen LogP contribution >= 0.6 is 15.9 Å². The summed E-state index contributed by atoms with van der Waals surface area (Å²) in [6, 6.07) is 12.1. The van der Waals surface area contributed by atoms with E-state index in [2.05, 4.69) is 21.2 Å². The van der Waals surface area contributed by atoms with E-state index in [9.17, 15) is 8.78 Å². The Bertz CT molecular complexity index is 549. The molecule has 0 heterocycles. The lowest BCUT2D eigenvalue weighted by Gasteiger charge is -2.14. The van der Waals surface area contributed by atoms with Gasteiger partial charge in [-0.3, -0.25) is 0 Å². The van der Waals surface area contributed by atoms with Gasteiger partial charge in [0, 0.05) is 22.6 Å². The average molecular weight is 340 g/mol. The molecule has 0 fully saturated rings.